The van der Waals surface area contributed by atoms with Crippen LogP contribution in [0.15, 0.2) is 12.4 Å². The van der Waals surface area contributed by atoms with Gasteiger partial charge in [-0.25, -0.2) is 0 Å². The Kier molecular flexibility index (Phi) is 6.78. The second-order valence-electron chi connectivity index (χ2n) is 4.68. The van der Waals surface area contributed by atoms with Crippen molar-refractivity contribution in [1.29, 1.82) is 0 Å². The summed E-state index contributed by atoms with van der Waals surface area (Å²) in [5, 5.41) is 7.30. The average molecular weight is 379 g/mol. The zero-order valence-corrected chi connectivity index (χ0v) is 13.9. The van der Waals surface area contributed by atoms with E-state index in [9.17, 15) is 4.79 Å². The number of aromatic nitrogens is 2. The van der Waals surface area contributed by atoms with Gasteiger partial charge >= 0.3 is 5.97 Å². The topological polar surface area (TPSA) is 56.2 Å². The van der Waals surface area contributed by atoms with E-state index in [0.29, 0.717) is 6.61 Å². The molecule has 0 amide bonds. The predicted molar refractivity (Wildman–Crippen MR) is 82.9 cm³/mol. The number of halogens is 1. The molecule has 1 heterocycles. The Morgan fingerprint density at radius 2 is 2.32 bits per heavy atom. The first-order chi connectivity index (χ1) is 9.01. The molecular weight excluding hydrogens is 357 g/mol. The molecule has 0 aliphatic carbocycles. The monoisotopic (exact) mass is 379 g/mol. The van der Waals surface area contributed by atoms with Crippen LogP contribution in [0.4, 0.5) is 0 Å². The summed E-state index contributed by atoms with van der Waals surface area (Å²) in [6.45, 7) is 5.02. The molecule has 1 aromatic heterocycles. The first-order valence-corrected chi connectivity index (χ1v) is 7.64. The van der Waals surface area contributed by atoms with Crippen LogP contribution in [-0.2, 0) is 16.1 Å². The summed E-state index contributed by atoms with van der Waals surface area (Å²) in [6, 6.07) is 0. The van der Waals surface area contributed by atoms with Crippen molar-refractivity contribution in [1.82, 2.24) is 15.1 Å². The predicted octanol–water partition coefficient (Wildman–Crippen LogP) is 2.20. The Morgan fingerprint density at radius 3 is 2.84 bits per heavy atom. The molecule has 5 nitrogen and oxygen atoms in total. The number of carbonyl (C=O) groups is 1. The van der Waals surface area contributed by atoms with E-state index in [-0.39, 0.29) is 5.97 Å². The maximum Gasteiger partial charge on any atom is 0.326 e. The van der Waals surface area contributed by atoms with Crippen molar-refractivity contribution in [3.63, 3.8) is 0 Å². The number of nitrogens with one attached hydrogen (secondary N) is 1. The summed E-state index contributed by atoms with van der Waals surface area (Å²) in [7, 11) is 1.80. The normalized spacial score (nSPS) is 14.1. The van der Waals surface area contributed by atoms with E-state index in [1.54, 1.807) is 7.05 Å². The number of likely N-dealkylation sites (N-methyl/N-ethyl adjacent to an activating group) is 1. The lowest BCUT2D eigenvalue weighted by Gasteiger charge is -2.26. The molecule has 0 aliphatic rings. The molecule has 0 spiro atoms. The van der Waals surface area contributed by atoms with E-state index in [1.165, 1.54) is 0 Å². The van der Waals surface area contributed by atoms with Crippen molar-refractivity contribution in [3.05, 3.63) is 16.0 Å². The van der Waals surface area contributed by atoms with E-state index in [2.05, 4.69) is 33.0 Å². The highest BCUT2D eigenvalue weighted by Crippen LogP contribution is 2.16. The van der Waals surface area contributed by atoms with Gasteiger partial charge in [0, 0.05) is 12.7 Å². The summed E-state index contributed by atoms with van der Waals surface area (Å²) in [4.78, 5) is 11.9. The largest absolute Gasteiger partial charge is 0.465 e. The SMILES string of the molecule is CCOC(=O)C(C)(CCCCn1cc(I)cn1)NC. The lowest BCUT2D eigenvalue weighted by molar-refractivity contribution is -0.150. The summed E-state index contributed by atoms with van der Waals surface area (Å²) in [5.41, 5.74) is -0.589. The van der Waals surface area contributed by atoms with Crippen LogP contribution >= 0.6 is 22.6 Å². The summed E-state index contributed by atoms with van der Waals surface area (Å²) in [5.74, 6) is -0.175. The minimum Gasteiger partial charge on any atom is -0.465 e. The number of ether oxygens (including phenoxy) is 1. The number of aryl methyl sites for hydroxylation is 1. The molecule has 0 saturated carbocycles. The maximum atomic E-state index is 11.9. The lowest BCUT2D eigenvalue weighted by Crippen LogP contribution is -2.48. The van der Waals surface area contributed by atoms with Crippen LogP contribution in [0.5, 0.6) is 0 Å². The third-order valence-corrected chi connectivity index (χ3v) is 3.75. The van der Waals surface area contributed by atoms with E-state index in [0.717, 1.165) is 29.4 Å². The average Bonchev–Trinajstić information content (AvgIpc) is 2.80. The molecule has 6 heteroatoms. The number of hydrogen-bond donors (Lipinski definition) is 1. The molecule has 0 bridgehead atoms. The Labute approximate surface area is 128 Å². The van der Waals surface area contributed by atoms with Gasteiger partial charge in [-0.3, -0.25) is 9.48 Å². The van der Waals surface area contributed by atoms with Gasteiger partial charge in [0.25, 0.3) is 0 Å². The highest BCUT2D eigenvalue weighted by Gasteiger charge is 2.32. The minimum atomic E-state index is -0.589. The molecule has 0 aliphatic heterocycles. The molecule has 108 valence electrons. The van der Waals surface area contributed by atoms with Gasteiger partial charge in [-0.2, -0.15) is 5.10 Å². The molecule has 0 aromatic carbocycles. The van der Waals surface area contributed by atoms with Gasteiger partial charge in [-0.15, -0.1) is 0 Å². The molecule has 0 radical (unpaired) electrons. The lowest BCUT2D eigenvalue weighted by atomic mass is 9.95. The summed E-state index contributed by atoms with van der Waals surface area (Å²) >= 11 is 2.24. The maximum absolute atomic E-state index is 11.9. The van der Waals surface area contributed by atoms with Crippen LogP contribution in [0.3, 0.4) is 0 Å². The van der Waals surface area contributed by atoms with Crippen molar-refractivity contribution in [2.75, 3.05) is 13.7 Å². The Morgan fingerprint density at radius 1 is 1.58 bits per heavy atom. The molecule has 1 atom stereocenters. The van der Waals surface area contributed by atoms with Crippen LogP contribution < -0.4 is 5.32 Å². The Balaban J connectivity index is 2.35. The van der Waals surface area contributed by atoms with Gasteiger partial charge in [0.05, 0.1) is 16.4 Å². The number of unbranched alkanes of at least 4 members (excludes halogenated alkanes) is 1. The van der Waals surface area contributed by atoms with Crippen LogP contribution in [0.1, 0.15) is 33.1 Å². The number of nitrogens with zero attached hydrogens (tertiary/aromatic N) is 2. The van der Waals surface area contributed by atoms with Crippen molar-refractivity contribution in [2.45, 2.75) is 45.2 Å². The number of hydrogen-bond acceptors (Lipinski definition) is 4. The molecular formula is C13H22IN3O2. The van der Waals surface area contributed by atoms with Crippen LogP contribution in [0.2, 0.25) is 0 Å². The molecule has 1 aromatic rings. The minimum absolute atomic E-state index is 0.175. The van der Waals surface area contributed by atoms with Crippen LogP contribution in [0, 0.1) is 3.57 Å². The number of esters is 1. The highest BCUT2D eigenvalue weighted by atomic mass is 127. The second-order valence-corrected chi connectivity index (χ2v) is 5.93. The molecule has 0 saturated heterocycles. The fraction of sp³-hybridized carbons (Fsp3) is 0.692. The van der Waals surface area contributed by atoms with Crippen LogP contribution in [0.25, 0.3) is 0 Å². The van der Waals surface area contributed by atoms with Crippen molar-refractivity contribution < 1.29 is 9.53 Å². The fourth-order valence-corrected chi connectivity index (χ4v) is 2.28. The van der Waals surface area contributed by atoms with Crippen molar-refractivity contribution in [3.8, 4) is 0 Å². The zero-order valence-electron chi connectivity index (χ0n) is 11.8. The zero-order chi connectivity index (χ0) is 14.3. The van der Waals surface area contributed by atoms with Gasteiger partial charge in [-0.05, 0) is 62.7 Å². The van der Waals surface area contributed by atoms with E-state index < -0.39 is 5.54 Å². The quantitative estimate of drug-likeness (QED) is 0.428. The second kappa shape index (κ2) is 7.84. The fourth-order valence-electron chi connectivity index (χ4n) is 1.83. The van der Waals surface area contributed by atoms with Gasteiger partial charge in [0.1, 0.15) is 5.54 Å². The molecule has 1 unspecified atom stereocenters. The van der Waals surface area contributed by atoms with Crippen molar-refractivity contribution in [2.24, 2.45) is 0 Å². The summed E-state index contributed by atoms with van der Waals surface area (Å²) in [6.07, 6.45) is 6.57. The van der Waals surface area contributed by atoms with E-state index in [4.69, 9.17) is 4.74 Å². The van der Waals surface area contributed by atoms with Gasteiger partial charge in [0.2, 0.25) is 0 Å². The number of carbonyl (C=O) groups excluding carboxylic acids is 1. The van der Waals surface area contributed by atoms with E-state index >= 15 is 0 Å². The van der Waals surface area contributed by atoms with Gasteiger partial charge in [-0.1, -0.05) is 0 Å². The van der Waals surface area contributed by atoms with Gasteiger partial charge < -0.3 is 10.1 Å². The van der Waals surface area contributed by atoms with Gasteiger partial charge in [0.15, 0.2) is 0 Å². The smallest absolute Gasteiger partial charge is 0.326 e. The van der Waals surface area contributed by atoms with E-state index in [1.807, 2.05) is 30.9 Å². The molecule has 19 heavy (non-hydrogen) atoms. The third kappa shape index (κ3) is 5.10. The highest BCUT2D eigenvalue weighted by molar-refractivity contribution is 14.1. The molecule has 1 rings (SSSR count). The van der Waals surface area contributed by atoms with Crippen molar-refractivity contribution >= 4 is 28.6 Å². The standard InChI is InChI=1S/C13H22IN3O2/c1-4-19-12(18)13(2,15-3)7-5-6-8-17-10-11(14)9-16-17/h9-10,15H,4-8H2,1-3H3. The summed E-state index contributed by atoms with van der Waals surface area (Å²) < 4.78 is 8.17. The first kappa shape index (κ1) is 16.4. The van der Waals surface area contributed by atoms with Crippen LogP contribution in [-0.4, -0.2) is 34.9 Å². The molecule has 1 N–H and O–H groups in total. The Bertz CT molecular complexity index is 408. The Hall–Kier alpha value is -0.630. The first-order valence-electron chi connectivity index (χ1n) is 6.56. The molecule has 0 fully saturated rings. The number of rotatable bonds is 8. The third-order valence-electron chi connectivity index (χ3n) is 3.19.